The number of fused-ring (bicyclic) bond motifs is 2. The zero-order valence-corrected chi connectivity index (χ0v) is 36.4. The molecule has 12 heteroatoms. The van der Waals surface area contributed by atoms with Crippen molar-refractivity contribution in [3.8, 4) is 11.5 Å². The molecule has 2 saturated heterocycles. The molecule has 0 saturated carbocycles. The Balaban J connectivity index is 0.000000184. The normalized spacial score (nSPS) is 25.7. The molecule has 4 aromatic carbocycles. The van der Waals surface area contributed by atoms with E-state index in [1.54, 1.807) is 41.1 Å². The summed E-state index contributed by atoms with van der Waals surface area (Å²) in [5, 5.41) is 5.62. The third-order valence-electron chi connectivity index (χ3n) is 11.7. The first-order valence-electron chi connectivity index (χ1n) is 19.5. The number of hydrogen-bond acceptors (Lipinski definition) is 6. The van der Waals surface area contributed by atoms with Crippen molar-refractivity contribution in [3.63, 3.8) is 0 Å². The molecule has 4 aliphatic rings. The van der Waals surface area contributed by atoms with Crippen LogP contribution in [0, 0.1) is 23.7 Å². The largest absolute Gasteiger partial charge is 0.497 e. The van der Waals surface area contributed by atoms with E-state index in [-0.39, 0.29) is 59.8 Å². The second kappa shape index (κ2) is 17.6. The first kappa shape index (κ1) is 42.6. The van der Waals surface area contributed by atoms with E-state index in [0.29, 0.717) is 32.4 Å². The number of nitrogens with zero attached hydrogens (tertiary/aromatic N) is 1. The van der Waals surface area contributed by atoms with Gasteiger partial charge in [-0.2, -0.15) is 0 Å². The van der Waals surface area contributed by atoms with Crippen molar-refractivity contribution < 1.29 is 28.6 Å². The van der Waals surface area contributed by atoms with Gasteiger partial charge in [0.2, 0.25) is 11.8 Å². The van der Waals surface area contributed by atoms with Crippen LogP contribution in [-0.2, 0) is 14.3 Å². The molecule has 1 N–H and O–H groups in total. The van der Waals surface area contributed by atoms with Gasteiger partial charge in [-0.05, 0) is 115 Å². The molecule has 0 radical (unpaired) electrons. The van der Waals surface area contributed by atoms with Crippen molar-refractivity contribution in [3.05, 3.63) is 152 Å². The number of benzene rings is 4. The summed E-state index contributed by atoms with van der Waals surface area (Å²) in [6, 6.07) is 27.0. The predicted molar refractivity (Wildman–Crippen MR) is 233 cm³/mol. The molecule has 2 heterocycles. The molecule has 2 aliphatic heterocycles. The minimum Gasteiger partial charge on any atom is -0.497 e. The zero-order chi connectivity index (χ0) is 42.2. The van der Waals surface area contributed by atoms with Crippen molar-refractivity contribution in [1.29, 1.82) is 0 Å². The van der Waals surface area contributed by atoms with Gasteiger partial charge in [-0.1, -0.05) is 107 Å². The average Bonchev–Trinajstić information content (AvgIpc) is 3.76. The zero-order valence-electron chi connectivity index (χ0n) is 33.3. The maximum Gasteiger partial charge on any atom is 0.417 e. The number of halogens is 4. The minimum atomic E-state index is -0.685. The first-order valence-corrected chi connectivity index (χ1v) is 21.0. The van der Waals surface area contributed by atoms with Crippen LogP contribution in [0.3, 0.4) is 0 Å². The number of likely N-dealkylation sites (tertiary alicyclic amines) is 1. The molecule has 2 fully saturated rings. The number of allylic oxidation sites excluding steroid dienone is 2. The van der Waals surface area contributed by atoms with E-state index in [2.05, 4.69) is 23.5 Å². The van der Waals surface area contributed by atoms with Crippen LogP contribution < -0.4 is 14.8 Å². The molecular weight excluding hydrogens is 830 g/mol. The fraction of sp³-hybridized carbons (Fsp3) is 0.340. The van der Waals surface area contributed by atoms with Crippen LogP contribution in [-0.4, -0.2) is 55.7 Å². The Morgan fingerprint density at radius 2 is 1.10 bits per heavy atom. The summed E-state index contributed by atoms with van der Waals surface area (Å²) >= 11 is 25.5. The van der Waals surface area contributed by atoms with Gasteiger partial charge in [-0.15, -0.1) is 0 Å². The number of rotatable bonds is 6. The summed E-state index contributed by atoms with van der Waals surface area (Å²) in [6.45, 7) is 6.32. The third-order valence-corrected chi connectivity index (χ3v) is 12.8. The van der Waals surface area contributed by atoms with Crippen molar-refractivity contribution in [2.45, 2.75) is 50.0 Å². The highest BCUT2D eigenvalue weighted by molar-refractivity contribution is 6.32. The van der Waals surface area contributed by atoms with Crippen molar-refractivity contribution in [2.75, 3.05) is 27.3 Å². The van der Waals surface area contributed by atoms with Crippen LogP contribution in [0.15, 0.2) is 109 Å². The van der Waals surface area contributed by atoms with E-state index in [1.807, 2.05) is 85.0 Å². The molecule has 308 valence electrons. The van der Waals surface area contributed by atoms with Gasteiger partial charge < -0.3 is 19.5 Å². The van der Waals surface area contributed by atoms with Gasteiger partial charge in [0.1, 0.15) is 17.1 Å². The second-order valence-corrected chi connectivity index (χ2v) is 18.0. The second-order valence-electron chi connectivity index (χ2n) is 16.3. The highest BCUT2D eigenvalue weighted by atomic mass is 35.5. The molecule has 8 nitrogen and oxygen atoms in total. The number of amides is 3. The summed E-state index contributed by atoms with van der Waals surface area (Å²) in [6.07, 6.45) is 7.49. The van der Waals surface area contributed by atoms with Crippen LogP contribution in [0.4, 0.5) is 4.79 Å². The number of carbonyl (C=O) groups excluding carboxylic acids is 3. The van der Waals surface area contributed by atoms with Crippen molar-refractivity contribution in [2.24, 2.45) is 23.7 Å². The lowest BCUT2D eigenvalue weighted by Gasteiger charge is -2.36. The fourth-order valence-electron chi connectivity index (χ4n) is 8.99. The molecule has 3 amide bonds. The van der Waals surface area contributed by atoms with Crippen LogP contribution in [0.5, 0.6) is 11.5 Å². The van der Waals surface area contributed by atoms with E-state index < -0.39 is 17.6 Å². The van der Waals surface area contributed by atoms with E-state index >= 15 is 0 Å². The number of nitrogens with one attached hydrogen (secondary N) is 1. The predicted octanol–water partition coefficient (Wildman–Crippen LogP) is 11.3. The smallest absolute Gasteiger partial charge is 0.417 e. The lowest BCUT2D eigenvalue weighted by molar-refractivity contribution is -0.129. The Labute approximate surface area is 365 Å². The van der Waals surface area contributed by atoms with Gasteiger partial charge in [0, 0.05) is 45.0 Å². The third kappa shape index (κ3) is 9.02. The molecule has 0 unspecified atom stereocenters. The maximum atomic E-state index is 13.2. The summed E-state index contributed by atoms with van der Waals surface area (Å²) in [7, 11) is 3.23. The number of imide groups is 1. The van der Waals surface area contributed by atoms with E-state index in [1.165, 1.54) is 10.5 Å². The van der Waals surface area contributed by atoms with Gasteiger partial charge in [0.25, 0.3) is 0 Å². The maximum absolute atomic E-state index is 13.2. The molecular formula is C47H46Cl4N2O6. The van der Waals surface area contributed by atoms with Crippen molar-refractivity contribution in [1.82, 2.24) is 10.2 Å². The molecule has 8 rings (SSSR count). The van der Waals surface area contributed by atoms with Gasteiger partial charge >= 0.3 is 6.09 Å². The van der Waals surface area contributed by atoms with Crippen LogP contribution >= 0.6 is 46.4 Å². The molecule has 0 bridgehead atoms. The topological polar surface area (TPSA) is 94.2 Å². The molecule has 8 atom stereocenters. The number of ether oxygens (including phenoxy) is 3. The van der Waals surface area contributed by atoms with Crippen LogP contribution in [0.25, 0.3) is 0 Å². The Morgan fingerprint density at radius 3 is 1.56 bits per heavy atom. The average molecular weight is 877 g/mol. The lowest BCUT2D eigenvalue weighted by atomic mass is 9.67. The Hall–Kier alpha value is -4.47. The fourth-order valence-corrected chi connectivity index (χ4v) is 9.84. The van der Waals surface area contributed by atoms with Crippen LogP contribution in [0.1, 0.15) is 66.7 Å². The molecule has 59 heavy (non-hydrogen) atoms. The standard InChI is InChI=1S/C26H27Cl2NO4.C21H19Cl2NO2/c1-26(2,3)33-25(31)29-14-21-20(24(29)30)12-11-19(18-10-9-17(32-4)13-22(18)28)23(21)15-5-7-16(27)8-6-15;1-26-14-6-7-15(19(23)10-14)16-8-9-17-18(11-24-21(17)25)20(16)12-2-4-13(22)5-3-12/h5-13,19-21,23H,14H2,1-4H3;2-10,16-18,20H,11H2,1H3,(H,24,25)/t19-,20-,21+,23-;16-,17+,18+,20-/m00/s1. The highest BCUT2D eigenvalue weighted by Crippen LogP contribution is 2.52. The number of hydrogen-bond donors (Lipinski definition) is 1. The van der Waals surface area contributed by atoms with Gasteiger partial charge in [-0.25, -0.2) is 9.69 Å². The Bertz CT molecular complexity index is 2270. The quantitative estimate of drug-likeness (QED) is 0.194. The lowest BCUT2D eigenvalue weighted by Crippen LogP contribution is -2.38. The molecule has 4 aromatic rings. The van der Waals surface area contributed by atoms with Gasteiger partial charge in [0.05, 0.1) is 26.1 Å². The minimum absolute atomic E-state index is 0.0838. The van der Waals surface area contributed by atoms with E-state index in [9.17, 15) is 14.4 Å². The summed E-state index contributed by atoms with van der Waals surface area (Å²) in [5.74, 6) is 0.904. The Morgan fingerprint density at radius 1 is 0.644 bits per heavy atom. The number of methoxy groups -OCH3 is 2. The molecule has 0 aromatic heterocycles. The molecule has 0 spiro atoms. The Kier molecular flexibility index (Phi) is 12.7. The van der Waals surface area contributed by atoms with E-state index in [0.717, 1.165) is 22.4 Å². The van der Waals surface area contributed by atoms with Gasteiger partial charge in [0.15, 0.2) is 0 Å². The highest BCUT2D eigenvalue weighted by Gasteiger charge is 2.51. The SMILES string of the molecule is COc1ccc([C@@H]2C=C[C@@H]3C(=O)N(C(=O)OC(C)(C)C)C[C@H]3[C@H]2c2ccc(Cl)cc2)c(Cl)c1.COc1ccc([C@@H]2C=C[C@H]3C(=O)NC[C@H]3[C@H]2c2ccc(Cl)cc2)c(Cl)c1. The summed E-state index contributed by atoms with van der Waals surface area (Å²) < 4.78 is 16.1. The van der Waals surface area contributed by atoms with E-state index in [4.69, 9.17) is 60.6 Å². The number of carbonyl (C=O) groups is 3. The van der Waals surface area contributed by atoms with Gasteiger partial charge in [-0.3, -0.25) is 9.59 Å². The summed E-state index contributed by atoms with van der Waals surface area (Å²) in [5.41, 5.74) is 3.50. The van der Waals surface area contributed by atoms with Crippen LogP contribution in [0.2, 0.25) is 20.1 Å². The monoisotopic (exact) mass is 874 g/mol. The molecule has 2 aliphatic carbocycles. The van der Waals surface area contributed by atoms with Crippen molar-refractivity contribution >= 4 is 64.3 Å². The first-order chi connectivity index (χ1) is 28.2. The summed E-state index contributed by atoms with van der Waals surface area (Å²) in [4.78, 5) is 39.4.